The minimum Gasteiger partial charge on any atom is -0.372 e. The fraction of sp³-hybridized carbons (Fsp3) is 0.261. The summed E-state index contributed by atoms with van der Waals surface area (Å²) in [5, 5.41) is 3.49. The zero-order chi connectivity index (χ0) is 21.1. The predicted octanol–water partition coefficient (Wildman–Crippen LogP) is 4.66. The Balaban J connectivity index is 1.48. The van der Waals surface area contributed by atoms with Gasteiger partial charge in [0, 0.05) is 36.7 Å². The van der Waals surface area contributed by atoms with Crippen molar-refractivity contribution < 1.29 is 9.53 Å². The predicted molar refractivity (Wildman–Crippen MR) is 119 cm³/mol. The molecule has 2 atom stereocenters. The maximum atomic E-state index is 12.7. The summed E-state index contributed by atoms with van der Waals surface area (Å²) >= 11 is 6.32. The Bertz CT molecular complexity index is 1020. The van der Waals surface area contributed by atoms with Gasteiger partial charge in [-0.1, -0.05) is 17.7 Å². The Labute approximate surface area is 180 Å². The minimum atomic E-state index is -0.230. The van der Waals surface area contributed by atoms with E-state index in [9.17, 15) is 4.79 Å². The molecule has 1 saturated heterocycles. The molecule has 3 aromatic rings. The van der Waals surface area contributed by atoms with E-state index >= 15 is 0 Å². The van der Waals surface area contributed by atoms with Gasteiger partial charge in [0.1, 0.15) is 5.82 Å². The lowest BCUT2D eigenvalue weighted by Gasteiger charge is -2.36. The van der Waals surface area contributed by atoms with Crippen LogP contribution in [0.25, 0.3) is 11.3 Å². The molecule has 1 amide bonds. The van der Waals surface area contributed by atoms with Crippen LogP contribution in [-0.2, 0) is 4.74 Å². The van der Waals surface area contributed by atoms with Gasteiger partial charge < -0.3 is 15.0 Å². The Hall–Kier alpha value is -2.96. The van der Waals surface area contributed by atoms with Crippen LogP contribution < -0.4 is 10.2 Å². The maximum Gasteiger partial charge on any atom is 0.257 e. The van der Waals surface area contributed by atoms with Crippen molar-refractivity contribution in [2.75, 3.05) is 23.3 Å². The lowest BCUT2D eigenvalue weighted by molar-refractivity contribution is -0.00546. The van der Waals surface area contributed by atoms with E-state index in [1.54, 1.807) is 30.6 Å². The monoisotopic (exact) mass is 422 g/mol. The average Bonchev–Trinajstić information content (AvgIpc) is 2.75. The molecule has 1 N–H and O–H groups in total. The quantitative estimate of drug-likeness (QED) is 0.662. The molecule has 154 valence electrons. The van der Waals surface area contributed by atoms with E-state index in [2.05, 4.69) is 34.0 Å². The van der Waals surface area contributed by atoms with Crippen LogP contribution in [0.15, 0.2) is 60.9 Å². The van der Waals surface area contributed by atoms with Crippen LogP contribution >= 0.6 is 11.6 Å². The first kappa shape index (κ1) is 20.3. The number of nitrogens with one attached hydrogen (secondary N) is 1. The number of carbonyl (C=O) groups excluding carboxylic acids is 1. The number of amides is 1. The van der Waals surface area contributed by atoms with E-state index in [4.69, 9.17) is 16.3 Å². The molecule has 2 aromatic heterocycles. The second kappa shape index (κ2) is 8.81. The zero-order valence-electron chi connectivity index (χ0n) is 16.9. The zero-order valence-corrected chi connectivity index (χ0v) is 17.6. The summed E-state index contributed by atoms with van der Waals surface area (Å²) in [5.74, 6) is 0.615. The van der Waals surface area contributed by atoms with E-state index in [0.717, 1.165) is 30.2 Å². The molecule has 7 heteroatoms. The summed E-state index contributed by atoms with van der Waals surface area (Å²) in [6, 6.07) is 14.6. The lowest BCUT2D eigenvalue weighted by Crippen LogP contribution is -2.45. The van der Waals surface area contributed by atoms with Gasteiger partial charge in [-0.05, 0) is 56.3 Å². The Morgan fingerprint density at radius 1 is 1.10 bits per heavy atom. The van der Waals surface area contributed by atoms with Gasteiger partial charge in [-0.25, -0.2) is 4.98 Å². The Morgan fingerprint density at radius 3 is 2.57 bits per heavy atom. The molecular formula is C23H23ClN4O2. The van der Waals surface area contributed by atoms with Crippen molar-refractivity contribution in [1.82, 2.24) is 9.97 Å². The molecule has 30 heavy (non-hydrogen) atoms. The number of anilines is 2. The van der Waals surface area contributed by atoms with Crippen molar-refractivity contribution in [2.24, 2.45) is 0 Å². The number of nitrogens with zero attached hydrogens (tertiary/aromatic N) is 3. The number of halogens is 1. The van der Waals surface area contributed by atoms with Crippen molar-refractivity contribution in [2.45, 2.75) is 26.1 Å². The highest BCUT2D eigenvalue weighted by Crippen LogP contribution is 2.29. The van der Waals surface area contributed by atoms with Crippen LogP contribution in [0.2, 0.25) is 5.02 Å². The first-order valence-corrected chi connectivity index (χ1v) is 10.3. The lowest BCUT2D eigenvalue weighted by atomic mass is 10.1. The van der Waals surface area contributed by atoms with Gasteiger partial charge in [-0.3, -0.25) is 9.78 Å². The number of aromatic nitrogens is 2. The molecule has 3 heterocycles. The number of benzene rings is 1. The van der Waals surface area contributed by atoms with Crippen molar-refractivity contribution in [3.63, 3.8) is 0 Å². The third-order valence-electron chi connectivity index (χ3n) is 4.92. The van der Waals surface area contributed by atoms with Crippen molar-refractivity contribution >= 4 is 29.0 Å². The Kier molecular flexibility index (Phi) is 5.97. The van der Waals surface area contributed by atoms with Crippen LogP contribution in [0.4, 0.5) is 11.5 Å². The summed E-state index contributed by atoms with van der Waals surface area (Å²) in [7, 11) is 0. The van der Waals surface area contributed by atoms with Gasteiger partial charge in [0.25, 0.3) is 5.91 Å². The van der Waals surface area contributed by atoms with Crippen molar-refractivity contribution in [3.8, 4) is 11.3 Å². The number of hydrogen-bond acceptors (Lipinski definition) is 5. The van der Waals surface area contributed by atoms with Crippen molar-refractivity contribution in [3.05, 3.63) is 71.5 Å². The van der Waals surface area contributed by atoms with Gasteiger partial charge in [0.15, 0.2) is 0 Å². The molecule has 0 bridgehead atoms. The number of rotatable bonds is 4. The van der Waals surface area contributed by atoms with Gasteiger partial charge in [-0.15, -0.1) is 0 Å². The Morgan fingerprint density at radius 2 is 1.90 bits per heavy atom. The van der Waals surface area contributed by atoms with Gasteiger partial charge in [0.2, 0.25) is 0 Å². The second-order valence-electron chi connectivity index (χ2n) is 7.43. The average molecular weight is 423 g/mol. The van der Waals surface area contributed by atoms with E-state index in [0.29, 0.717) is 16.3 Å². The van der Waals surface area contributed by atoms with Crippen LogP contribution in [0.1, 0.15) is 24.2 Å². The van der Waals surface area contributed by atoms with Crippen LogP contribution in [-0.4, -0.2) is 41.2 Å². The largest absolute Gasteiger partial charge is 0.372 e. The minimum absolute atomic E-state index is 0.150. The van der Waals surface area contributed by atoms with E-state index in [1.807, 2.05) is 30.3 Å². The summed E-state index contributed by atoms with van der Waals surface area (Å²) in [6.45, 7) is 5.67. The number of morpholine rings is 1. The highest BCUT2D eigenvalue weighted by atomic mass is 35.5. The van der Waals surface area contributed by atoms with Crippen LogP contribution in [0, 0.1) is 0 Å². The molecule has 1 aliphatic rings. The molecule has 1 aromatic carbocycles. The molecule has 1 unspecified atom stereocenters. The molecule has 0 saturated carbocycles. The molecule has 0 spiro atoms. The highest BCUT2D eigenvalue weighted by Gasteiger charge is 2.23. The number of carbonyl (C=O) groups is 1. The molecule has 1 fully saturated rings. The fourth-order valence-electron chi connectivity index (χ4n) is 3.60. The van der Waals surface area contributed by atoms with Crippen LogP contribution in [0.3, 0.4) is 0 Å². The molecule has 1 aliphatic heterocycles. The van der Waals surface area contributed by atoms with Crippen LogP contribution in [0.5, 0.6) is 0 Å². The standard InChI is InChI=1S/C23H23ClN4O2/c1-15-13-28(14-16(2)30-15)22-9-6-17(12-26-22)23(29)27-18-7-8-20(24)19(11-18)21-5-3-4-10-25-21/h3-12,15-16H,13-14H2,1-2H3,(H,27,29)/t15-,16?/m1/s1. The summed E-state index contributed by atoms with van der Waals surface area (Å²) in [4.78, 5) is 23.7. The van der Waals surface area contributed by atoms with Gasteiger partial charge in [0.05, 0.1) is 28.5 Å². The number of pyridine rings is 2. The van der Waals surface area contributed by atoms with E-state index in [-0.39, 0.29) is 18.1 Å². The first-order chi connectivity index (χ1) is 14.5. The molecule has 0 aliphatic carbocycles. The third-order valence-corrected chi connectivity index (χ3v) is 5.25. The topological polar surface area (TPSA) is 67.4 Å². The van der Waals surface area contributed by atoms with Crippen molar-refractivity contribution in [1.29, 1.82) is 0 Å². The fourth-order valence-corrected chi connectivity index (χ4v) is 3.81. The smallest absolute Gasteiger partial charge is 0.257 e. The molecule has 6 nitrogen and oxygen atoms in total. The SMILES string of the molecule is CC1CN(c2ccc(C(=O)Nc3ccc(Cl)c(-c4ccccn4)c3)cn2)C[C@@H](C)O1. The molecule has 0 radical (unpaired) electrons. The van der Waals surface area contributed by atoms with Gasteiger partial charge in [-0.2, -0.15) is 0 Å². The summed E-state index contributed by atoms with van der Waals surface area (Å²) < 4.78 is 5.77. The number of ether oxygens (including phenoxy) is 1. The number of hydrogen-bond donors (Lipinski definition) is 1. The first-order valence-electron chi connectivity index (χ1n) is 9.88. The normalized spacial score (nSPS) is 18.8. The summed E-state index contributed by atoms with van der Waals surface area (Å²) in [6.07, 6.45) is 3.61. The maximum absolute atomic E-state index is 12.7. The summed E-state index contributed by atoms with van der Waals surface area (Å²) in [5.41, 5.74) is 2.64. The van der Waals surface area contributed by atoms with Gasteiger partial charge >= 0.3 is 0 Å². The molecular weight excluding hydrogens is 400 g/mol. The molecule has 4 rings (SSSR count). The highest BCUT2D eigenvalue weighted by molar-refractivity contribution is 6.33. The third kappa shape index (κ3) is 4.61. The second-order valence-corrected chi connectivity index (χ2v) is 7.84. The van der Waals surface area contributed by atoms with E-state index in [1.165, 1.54) is 0 Å². The van der Waals surface area contributed by atoms with E-state index < -0.39 is 0 Å².